The van der Waals surface area contributed by atoms with Crippen molar-refractivity contribution in [2.45, 2.75) is 44.3 Å². The molecule has 0 radical (unpaired) electrons. The van der Waals surface area contributed by atoms with Gasteiger partial charge in [0.15, 0.2) is 0 Å². The van der Waals surface area contributed by atoms with Crippen LogP contribution in [0.3, 0.4) is 0 Å². The normalized spacial score (nSPS) is 30.0. The first-order valence-corrected chi connectivity index (χ1v) is 11.1. The minimum Gasteiger partial charge on any atom is -0.324 e. The molecule has 2 aromatic carbocycles. The first-order chi connectivity index (χ1) is 14.9. The third kappa shape index (κ3) is 2.78. The van der Waals surface area contributed by atoms with Crippen LogP contribution in [-0.4, -0.2) is 34.7 Å². The molecule has 0 aliphatic carbocycles. The number of benzene rings is 2. The average molecular weight is 438 g/mol. The molecule has 3 amide bonds. The Bertz CT molecular complexity index is 1090. The van der Waals surface area contributed by atoms with E-state index >= 15 is 0 Å². The van der Waals surface area contributed by atoms with E-state index in [4.69, 9.17) is 11.6 Å². The fourth-order valence-electron chi connectivity index (χ4n) is 5.46. The zero-order chi connectivity index (χ0) is 21.9. The molecule has 0 saturated carbocycles. The quantitative estimate of drug-likeness (QED) is 0.720. The highest BCUT2D eigenvalue weighted by Crippen LogP contribution is 2.54. The van der Waals surface area contributed by atoms with Gasteiger partial charge < -0.3 is 5.32 Å². The zero-order valence-electron chi connectivity index (χ0n) is 17.4. The Kier molecular flexibility index (Phi) is 4.68. The lowest BCUT2D eigenvalue weighted by Crippen LogP contribution is -2.54. The molecule has 6 nitrogen and oxygen atoms in total. The molecule has 2 aromatic rings. The van der Waals surface area contributed by atoms with Crippen LogP contribution >= 0.6 is 11.6 Å². The molecule has 2 N–H and O–H groups in total. The van der Waals surface area contributed by atoms with E-state index in [2.05, 4.69) is 10.6 Å². The molecule has 7 heteroatoms. The highest BCUT2D eigenvalue weighted by molar-refractivity contribution is 6.31. The van der Waals surface area contributed by atoms with E-state index in [0.29, 0.717) is 29.1 Å². The molecule has 2 saturated heterocycles. The lowest BCUT2D eigenvalue weighted by Gasteiger charge is -2.31. The molecule has 3 aliphatic rings. The van der Waals surface area contributed by atoms with E-state index in [1.54, 1.807) is 18.2 Å². The Morgan fingerprint density at radius 3 is 2.55 bits per heavy atom. The summed E-state index contributed by atoms with van der Waals surface area (Å²) in [6, 6.07) is 14.4. The largest absolute Gasteiger partial charge is 0.324 e. The summed E-state index contributed by atoms with van der Waals surface area (Å²) in [6.07, 6.45) is 1.20. The van der Waals surface area contributed by atoms with Crippen LogP contribution in [0.2, 0.25) is 5.02 Å². The second-order valence-corrected chi connectivity index (χ2v) is 9.14. The molecule has 1 spiro atoms. The van der Waals surface area contributed by atoms with Crippen molar-refractivity contribution in [2.75, 3.05) is 5.32 Å². The third-order valence-corrected chi connectivity index (χ3v) is 7.28. The van der Waals surface area contributed by atoms with Crippen molar-refractivity contribution in [3.05, 3.63) is 64.7 Å². The molecule has 3 aliphatic heterocycles. The van der Waals surface area contributed by atoms with Gasteiger partial charge in [-0.1, -0.05) is 48.9 Å². The number of likely N-dealkylation sites (tertiary alicyclic amines) is 1. The summed E-state index contributed by atoms with van der Waals surface area (Å²) in [5.74, 6) is -2.20. The molecule has 0 unspecified atom stereocenters. The number of nitrogens with zero attached hydrogens (tertiary/aromatic N) is 1. The smallest absolute Gasteiger partial charge is 0.250 e. The topological polar surface area (TPSA) is 78.5 Å². The van der Waals surface area contributed by atoms with Gasteiger partial charge >= 0.3 is 0 Å². The molecular weight excluding hydrogens is 414 g/mol. The van der Waals surface area contributed by atoms with Gasteiger partial charge in [-0.15, -0.1) is 0 Å². The number of carbonyl (C=O) groups is 3. The molecule has 31 heavy (non-hydrogen) atoms. The van der Waals surface area contributed by atoms with Crippen LogP contribution < -0.4 is 10.6 Å². The maximum absolute atomic E-state index is 13.6. The number of halogens is 1. The number of imide groups is 1. The van der Waals surface area contributed by atoms with E-state index in [9.17, 15) is 14.4 Å². The summed E-state index contributed by atoms with van der Waals surface area (Å²) in [5, 5.41) is 6.84. The summed E-state index contributed by atoms with van der Waals surface area (Å²) in [5.41, 5.74) is 1.01. The van der Waals surface area contributed by atoms with Crippen LogP contribution in [0.4, 0.5) is 5.69 Å². The fourth-order valence-corrected chi connectivity index (χ4v) is 5.63. The Balaban J connectivity index is 1.66. The van der Waals surface area contributed by atoms with Gasteiger partial charge in [-0.3, -0.25) is 24.6 Å². The van der Waals surface area contributed by atoms with E-state index in [1.807, 2.05) is 44.2 Å². The molecule has 160 valence electrons. The fraction of sp³-hybridized carbons (Fsp3) is 0.375. The first kappa shape index (κ1) is 20.2. The summed E-state index contributed by atoms with van der Waals surface area (Å²) in [4.78, 5) is 42.0. The molecule has 5 atom stereocenters. The molecule has 3 heterocycles. The third-order valence-electron chi connectivity index (χ3n) is 7.04. The summed E-state index contributed by atoms with van der Waals surface area (Å²) < 4.78 is 0. The van der Waals surface area contributed by atoms with Gasteiger partial charge in [-0.2, -0.15) is 0 Å². The predicted molar refractivity (Wildman–Crippen MR) is 117 cm³/mol. The van der Waals surface area contributed by atoms with Crippen LogP contribution in [0.25, 0.3) is 0 Å². The first-order valence-electron chi connectivity index (χ1n) is 10.7. The predicted octanol–water partition coefficient (Wildman–Crippen LogP) is 3.10. The Morgan fingerprint density at radius 1 is 1.10 bits per heavy atom. The molecular formula is C24H24ClN3O3. The Hall–Kier alpha value is -2.70. The van der Waals surface area contributed by atoms with Crippen LogP contribution in [0.5, 0.6) is 0 Å². The van der Waals surface area contributed by atoms with Gasteiger partial charge in [-0.05, 0) is 43.5 Å². The van der Waals surface area contributed by atoms with Gasteiger partial charge in [-0.25, -0.2) is 0 Å². The van der Waals surface area contributed by atoms with E-state index in [1.165, 1.54) is 4.90 Å². The number of hydrogen-bond donors (Lipinski definition) is 2. The van der Waals surface area contributed by atoms with E-state index in [0.717, 1.165) is 5.56 Å². The Morgan fingerprint density at radius 2 is 1.84 bits per heavy atom. The van der Waals surface area contributed by atoms with E-state index in [-0.39, 0.29) is 29.8 Å². The van der Waals surface area contributed by atoms with Crippen molar-refractivity contribution in [2.24, 2.45) is 11.8 Å². The van der Waals surface area contributed by atoms with Crippen molar-refractivity contribution in [3.8, 4) is 0 Å². The summed E-state index contributed by atoms with van der Waals surface area (Å²) in [6.45, 7) is 3.83. The minimum atomic E-state index is -1.31. The van der Waals surface area contributed by atoms with Crippen LogP contribution in [-0.2, 0) is 26.3 Å². The molecule has 2 fully saturated rings. The SMILES string of the molecule is CC[C@@H](C)N1C(=O)[C@H]2[C@@H](C1=O)[C@]1(N[C@@H]2Cc2ccccc2)C(=O)Nc2ccc(Cl)cc21. The van der Waals surface area contributed by atoms with Crippen LogP contribution in [0.15, 0.2) is 48.5 Å². The van der Waals surface area contributed by atoms with Crippen molar-refractivity contribution in [3.63, 3.8) is 0 Å². The number of hydrogen-bond acceptors (Lipinski definition) is 4. The molecule has 0 bridgehead atoms. The van der Waals surface area contributed by atoms with Crippen molar-refractivity contribution >= 4 is 35.0 Å². The highest BCUT2D eigenvalue weighted by Gasteiger charge is 2.70. The lowest BCUT2D eigenvalue weighted by molar-refractivity contribution is -0.145. The highest BCUT2D eigenvalue weighted by atomic mass is 35.5. The Labute approximate surface area is 185 Å². The maximum atomic E-state index is 13.6. The van der Waals surface area contributed by atoms with Crippen molar-refractivity contribution in [1.82, 2.24) is 10.2 Å². The van der Waals surface area contributed by atoms with Gasteiger partial charge in [0.25, 0.3) is 0 Å². The van der Waals surface area contributed by atoms with E-state index < -0.39 is 17.4 Å². The number of amides is 3. The number of anilines is 1. The van der Waals surface area contributed by atoms with Crippen LogP contribution in [0, 0.1) is 11.8 Å². The van der Waals surface area contributed by atoms with Gasteiger partial charge in [0.2, 0.25) is 17.7 Å². The van der Waals surface area contributed by atoms with Gasteiger partial charge in [0.05, 0.1) is 11.8 Å². The monoisotopic (exact) mass is 437 g/mol. The number of carbonyl (C=O) groups excluding carboxylic acids is 3. The van der Waals surface area contributed by atoms with Gasteiger partial charge in [0, 0.05) is 28.4 Å². The molecule has 0 aromatic heterocycles. The lowest BCUT2D eigenvalue weighted by atomic mass is 9.76. The number of fused-ring (bicyclic) bond motifs is 4. The van der Waals surface area contributed by atoms with Gasteiger partial charge in [0.1, 0.15) is 5.54 Å². The van der Waals surface area contributed by atoms with Crippen molar-refractivity contribution in [1.29, 1.82) is 0 Å². The summed E-state index contributed by atoms with van der Waals surface area (Å²) >= 11 is 6.28. The van der Waals surface area contributed by atoms with Crippen molar-refractivity contribution < 1.29 is 14.4 Å². The zero-order valence-corrected chi connectivity index (χ0v) is 18.1. The number of nitrogens with one attached hydrogen (secondary N) is 2. The summed E-state index contributed by atoms with van der Waals surface area (Å²) in [7, 11) is 0. The second kappa shape index (κ2) is 7.18. The average Bonchev–Trinajstić information content (AvgIpc) is 3.33. The standard InChI is InChI=1S/C24H24ClN3O3/c1-3-13(2)28-21(29)19-18(11-14-7-5-4-6-8-14)27-24(20(19)22(28)30)16-12-15(25)9-10-17(16)26-23(24)31/h4-10,12-13,18-20,27H,3,11H2,1-2H3,(H,26,31)/t13-,18-,19-,20+,24+/m1/s1. The second-order valence-electron chi connectivity index (χ2n) is 8.70. The number of rotatable bonds is 4. The maximum Gasteiger partial charge on any atom is 0.250 e. The minimum absolute atomic E-state index is 0.196. The molecule has 5 rings (SSSR count). The van der Waals surface area contributed by atoms with Crippen LogP contribution in [0.1, 0.15) is 31.4 Å².